The number of aryl methyl sites for hydroxylation is 2. The lowest BCUT2D eigenvalue weighted by Crippen LogP contribution is -2.29. The van der Waals surface area contributed by atoms with Crippen LogP contribution in [0.1, 0.15) is 59.9 Å². The topological polar surface area (TPSA) is 103 Å². The van der Waals surface area contributed by atoms with Gasteiger partial charge in [-0.25, -0.2) is 4.39 Å². The van der Waals surface area contributed by atoms with Crippen molar-refractivity contribution < 1.29 is 14.0 Å². The third-order valence-corrected chi connectivity index (χ3v) is 6.78. The van der Waals surface area contributed by atoms with E-state index in [1.54, 1.807) is 44.4 Å². The SMILES string of the molecule is Cc1nccc(Cl)c1-c1ccc(NC(=O)[C@H](c2cc(C(N)=O)n(C)n2)C2CCCCC2)cc1F. The molecule has 0 saturated heterocycles. The van der Waals surface area contributed by atoms with Gasteiger partial charge in [0.25, 0.3) is 5.91 Å². The van der Waals surface area contributed by atoms with Gasteiger partial charge in [0.1, 0.15) is 11.5 Å². The number of halogens is 2. The number of primary amides is 1. The Balaban J connectivity index is 1.63. The van der Waals surface area contributed by atoms with Crippen LogP contribution < -0.4 is 11.1 Å². The molecule has 1 atom stereocenters. The van der Waals surface area contributed by atoms with Crippen molar-refractivity contribution in [2.75, 3.05) is 5.32 Å². The van der Waals surface area contributed by atoms with Crippen LogP contribution in [-0.2, 0) is 11.8 Å². The summed E-state index contributed by atoms with van der Waals surface area (Å²) in [6.45, 7) is 1.76. The maximum atomic E-state index is 15.1. The van der Waals surface area contributed by atoms with Crippen molar-refractivity contribution in [3.05, 3.63) is 64.5 Å². The third-order valence-electron chi connectivity index (χ3n) is 6.47. The molecule has 0 spiro atoms. The molecule has 0 unspecified atom stereocenters. The Labute approximate surface area is 202 Å². The Bertz CT molecular complexity index is 1220. The van der Waals surface area contributed by atoms with Crippen molar-refractivity contribution in [1.82, 2.24) is 14.8 Å². The zero-order chi connectivity index (χ0) is 24.4. The average Bonchev–Trinajstić information content (AvgIpc) is 3.17. The first kappa shape index (κ1) is 23.9. The molecule has 1 aliphatic rings. The van der Waals surface area contributed by atoms with Crippen molar-refractivity contribution in [3.8, 4) is 11.1 Å². The molecule has 1 saturated carbocycles. The van der Waals surface area contributed by atoms with E-state index >= 15 is 4.39 Å². The number of anilines is 1. The number of nitrogens with two attached hydrogens (primary N) is 1. The fourth-order valence-electron chi connectivity index (χ4n) is 4.80. The summed E-state index contributed by atoms with van der Waals surface area (Å²) in [5, 5.41) is 7.68. The minimum atomic E-state index is -0.605. The second kappa shape index (κ2) is 9.93. The molecule has 178 valence electrons. The Morgan fingerprint density at radius 3 is 2.56 bits per heavy atom. The smallest absolute Gasteiger partial charge is 0.266 e. The summed E-state index contributed by atoms with van der Waals surface area (Å²) in [5.74, 6) is -1.91. The molecule has 0 bridgehead atoms. The van der Waals surface area contributed by atoms with Crippen LogP contribution in [0.4, 0.5) is 10.1 Å². The molecule has 3 N–H and O–H groups in total. The van der Waals surface area contributed by atoms with E-state index in [9.17, 15) is 9.59 Å². The molecule has 34 heavy (non-hydrogen) atoms. The highest BCUT2D eigenvalue weighted by atomic mass is 35.5. The normalized spacial score (nSPS) is 15.2. The largest absolute Gasteiger partial charge is 0.364 e. The highest BCUT2D eigenvalue weighted by molar-refractivity contribution is 6.33. The lowest BCUT2D eigenvalue weighted by Gasteiger charge is -2.28. The van der Waals surface area contributed by atoms with Gasteiger partial charge in [-0.05, 0) is 56.0 Å². The van der Waals surface area contributed by atoms with Crippen LogP contribution in [0.25, 0.3) is 11.1 Å². The van der Waals surface area contributed by atoms with Gasteiger partial charge in [0.15, 0.2) is 0 Å². The van der Waals surface area contributed by atoms with Gasteiger partial charge in [-0.1, -0.05) is 30.9 Å². The van der Waals surface area contributed by atoms with Crippen molar-refractivity contribution in [2.45, 2.75) is 44.9 Å². The zero-order valence-electron chi connectivity index (χ0n) is 19.1. The first-order valence-corrected chi connectivity index (χ1v) is 11.7. The van der Waals surface area contributed by atoms with Crippen LogP contribution in [0.15, 0.2) is 36.5 Å². The van der Waals surface area contributed by atoms with E-state index in [0.29, 0.717) is 33.2 Å². The van der Waals surface area contributed by atoms with Gasteiger partial charge in [-0.3, -0.25) is 19.3 Å². The number of aromatic nitrogens is 3. The van der Waals surface area contributed by atoms with Crippen LogP contribution in [0.2, 0.25) is 5.02 Å². The number of hydrogen-bond donors (Lipinski definition) is 2. The van der Waals surface area contributed by atoms with Gasteiger partial charge in [-0.2, -0.15) is 5.10 Å². The summed E-state index contributed by atoms with van der Waals surface area (Å²) in [7, 11) is 1.62. The molecule has 2 aromatic heterocycles. The molecule has 2 amide bonds. The van der Waals surface area contributed by atoms with E-state index < -0.39 is 17.6 Å². The molecule has 1 aromatic carbocycles. The van der Waals surface area contributed by atoms with E-state index in [0.717, 1.165) is 32.1 Å². The average molecular weight is 484 g/mol. The van der Waals surface area contributed by atoms with Gasteiger partial charge in [0.05, 0.1) is 16.6 Å². The Morgan fingerprint density at radius 1 is 1.21 bits per heavy atom. The summed E-state index contributed by atoms with van der Waals surface area (Å²) in [4.78, 5) is 29.4. The molecule has 2 heterocycles. The van der Waals surface area contributed by atoms with Crippen molar-refractivity contribution in [3.63, 3.8) is 0 Å². The van der Waals surface area contributed by atoms with Gasteiger partial charge in [0, 0.05) is 35.8 Å². The van der Waals surface area contributed by atoms with E-state index in [1.807, 2.05) is 0 Å². The summed E-state index contributed by atoms with van der Waals surface area (Å²) in [6.07, 6.45) is 6.51. The first-order chi connectivity index (χ1) is 16.3. The molecule has 9 heteroatoms. The second-order valence-corrected chi connectivity index (χ2v) is 9.16. The highest BCUT2D eigenvalue weighted by Crippen LogP contribution is 2.37. The number of rotatable bonds is 6. The maximum absolute atomic E-state index is 15.1. The minimum Gasteiger partial charge on any atom is -0.364 e. The van der Waals surface area contributed by atoms with Crippen molar-refractivity contribution in [2.24, 2.45) is 18.7 Å². The standard InChI is InChI=1S/C25H27ClFN5O2/c1-14-22(18(26)10-11-29-14)17-9-8-16(12-19(17)27)30-25(34)23(15-6-4-3-5-7-15)20-13-21(24(28)33)32(2)31-20/h8-13,15,23H,3-7H2,1-2H3,(H2,28,33)(H,30,34)/t23-/m0/s1. The summed E-state index contributed by atoms with van der Waals surface area (Å²) in [6, 6.07) is 7.70. The van der Waals surface area contributed by atoms with Crippen LogP contribution in [0, 0.1) is 18.7 Å². The molecule has 7 nitrogen and oxygen atoms in total. The fourth-order valence-corrected chi connectivity index (χ4v) is 5.10. The first-order valence-electron chi connectivity index (χ1n) is 11.3. The zero-order valence-corrected chi connectivity index (χ0v) is 19.9. The van der Waals surface area contributed by atoms with E-state index in [2.05, 4.69) is 15.4 Å². The summed E-state index contributed by atoms with van der Waals surface area (Å²) < 4.78 is 16.5. The van der Waals surface area contributed by atoms with Crippen LogP contribution in [-0.4, -0.2) is 26.6 Å². The number of amides is 2. The maximum Gasteiger partial charge on any atom is 0.266 e. The van der Waals surface area contributed by atoms with Crippen molar-refractivity contribution in [1.29, 1.82) is 0 Å². The van der Waals surface area contributed by atoms with E-state index in [1.165, 1.54) is 10.7 Å². The van der Waals surface area contributed by atoms with E-state index in [4.69, 9.17) is 17.3 Å². The molecular weight excluding hydrogens is 457 g/mol. The third kappa shape index (κ3) is 4.82. The Morgan fingerprint density at radius 2 is 1.94 bits per heavy atom. The predicted molar refractivity (Wildman–Crippen MR) is 129 cm³/mol. The van der Waals surface area contributed by atoms with Gasteiger partial charge in [0.2, 0.25) is 5.91 Å². The molecule has 3 aromatic rings. The number of benzene rings is 1. The summed E-state index contributed by atoms with van der Waals surface area (Å²) in [5.41, 5.74) is 7.96. The number of nitrogens with one attached hydrogen (secondary N) is 1. The Kier molecular flexibility index (Phi) is 6.97. The second-order valence-electron chi connectivity index (χ2n) is 8.76. The van der Waals surface area contributed by atoms with Crippen LogP contribution in [0.3, 0.4) is 0 Å². The molecule has 0 radical (unpaired) electrons. The van der Waals surface area contributed by atoms with Crippen molar-refractivity contribution >= 4 is 29.1 Å². The number of pyridine rings is 1. The monoisotopic (exact) mass is 483 g/mol. The number of nitrogens with zero attached hydrogens (tertiary/aromatic N) is 3. The number of carbonyl (C=O) groups is 2. The molecule has 0 aliphatic heterocycles. The van der Waals surface area contributed by atoms with Gasteiger partial charge < -0.3 is 11.1 Å². The predicted octanol–water partition coefficient (Wildman–Crippen LogP) is 4.98. The van der Waals surface area contributed by atoms with Crippen LogP contribution in [0.5, 0.6) is 0 Å². The molecule has 1 fully saturated rings. The summed E-state index contributed by atoms with van der Waals surface area (Å²) >= 11 is 6.27. The van der Waals surface area contributed by atoms with Gasteiger partial charge >= 0.3 is 0 Å². The minimum absolute atomic E-state index is 0.0744. The van der Waals surface area contributed by atoms with Gasteiger partial charge in [-0.15, -0.1) is 0 Å². The molecule has 4 rings (SSSR count). The van der Waals surface area contributed by atoms with E-state index in [-0.39, 0.29) is 17.5 Å². The highest BCUT2D eigenvalue weighted by Gasteiger charge is 2.34. The number of carbonyl (C=O) groups excluding carboxylic acids is 2. The lowest BCUT2D eigenvalue weighted by molar-refractivity contribution is -0.119. The molecule has 1 aliphatic carbocycles. The quantitative estimate of drug-likeness (QED) is 0.515. The number of hydrogen-bond acceptors (Lipinski definition) is 4. The van der Waals surface area contributed by atoms with Crippen LogP contribution >= 0.6 is 11.6 Å². The molecular formula is C25H27ClFN5O2. The fraction of sp³-hybridized carbons (Fsp3) is 0.360. The Hall–Kier alpha value is -3.26. The lowest BCUT2D eigenvalue weighted by atomic mass is 9.78.